The number of fused-ring (bicyclic) bond motifs is 2. The SMILES string of the molecule is C[C@H]1CC(F)(F)c2c1c(C(F)(F)F)nn2CC(=O)N[C@@H](Cc1cc(F)cc(F)c1)c1nc(C#CC(C)(C)O)ccc1-c1cccc2c(NC(=O)NC3CC3)nn(C)c12. The Hall–Kier alpha value is -5.96. The van der Waals surface area contributed by atoms with Gasteiger partial charge in [-0.25, -0.2) is 18.6 Å². The van der Waals surface area contributed by atoms with Crippen molar-refractivity contribution in [3.8, 4) is 23.0 Å². The monoisotopic (exact) mass is 810 g/mol. The van der Waals surface area contributed by atoms with Gasteiger partial charge in [-0.2, -0.15) is 32.1 Å². The molecule has 0 bridgehead atoms. The molecule has 1 fully saturated rings. The summed E-state index contributed by atoms with van der Waals surface area (Å²) < 4.78 is 104. The van der Waals surface area contributed by atoms with Crippen LogP contribution in [0.4, 0.5) is 41.3 Å². The number of hydrogen-bond acceptors (Lipinski definition) is 6. The number of urea groups is 1. The van der Waals surface area contributed by atoms with Gasteiger partial charge in [-0.1, -0.05) is 25.0 Å². The molecule has 5 aromatic rings. The zero-order valence-electron chi connectivity index (χ0n) is 31.5. The molecule has 11 nitrogen and oxygen atoms in total. The smallest absolute Gasteiger partial charge is 0.378 e. The Labute approximate surface area is 327 Å². The van der Waals surface area contributed by atoms with Crippen molar-refractivity contribution in [1.82, 2.24) is 35.2 Å². The molecule has 3 aromatic heterocycles. The summed E-state index contributed by atoms with van der Waals surface area (Å²) in [5.74, 6) is -2.22. The topological polar surface area (TPSA) is 139 Å². The Morgan fingerprint density at radius 2 is 1.74 bits per heavy atom. The van der Waals surface area contributed by atoms with E-state index in [1.165, 1.54) is 31.5 Å². The van der Waals surface area contributed by atoms with Crippen LogP contribution < -0.4 is 16.0 Å². The summed E-state index contributed by atoms with van der Waals surface area (Å²) >= 11 is 0. The van der Waals surface area contributed by atoms with E-state index in [0.717, 1.165) is 25.0 Å². The van der Waals surface area contributed by atoms with Gasteiger partial charge in [0.1, 0.15) is 35.2 Å². The number of para-hydroxylation sites is 1. The third-order valence-corrected chi connectivity index (χ3v) is 9.70. The highest BCUT2D eigenvalue weighted by atomic mass is 19.4. The first-order valence-corrected chi connectivity index (χ1v) is 18.3. The van der Waals surface area contributed by atoms with Crippen molar-refractivity contribution < 1.29 is 45.4 Å². The van der Waals surface area contributed by atoms with E-state index in [0.29, 0.717) is 32.8 Å². The van der Waals surface area contributed by atoms with Gasteiger partial charge in [0.05, 0.1) is 17.3 Å². The van der Waals surface area contributed by atoms with Gasteiger partial charge in [0.25, 0.3) is 5.92 Å². The predicted molar refractivity (Wildman–Crippen MR) is 197 cm³/mol. The Balaban J connectivity index is 1.35. The second kappa shape index (κ2) is 14.8. The number of benzene rings is 2. The zero-order chi connectivity index (χ0) is 41.9. The Morgan fingerprint density at radius 3 is 2.40 bits per heavy atom. The molecule has 0 spiro atoms. The van der Waals surface area contributed by atoms with Crippen molar-refractivity contribution in [1.29, 1.82) is 0 Å². The van der Waals surface area contributed by atoms with E-state index in [1.54, 1.807) is 31.3 Å². The molecule has 0 aliphatic heterocycles. The number of nitrogens with one attached hydrogen (secondary N) is 3. The summed E-state index contributed by atoms with van der Waals surface area (Å²) in [6.07, 6.45) is -4.63. The predicted octanol–water partition coefficient (Wildman–Crippen LogP) is 7.23. The second-order valence-electron chi connectivity index (χ2n) is 15.2. The molecule has 0 unspecified atom stereocenters. The van der Waals surface area contributed by atoms with Crippen LogP contribution in [0.25, 0.3) is 22.0 Å². The van der Waals surface area contributed by atoms with Crippen LogP contribution in [0.3, 0.4) is 0 Å². The largest absolute Gasteiger partial charge is 0.435 e. The van der Waals surface area contributed by atoms with Gasteiger partial charge in [0.2, 0.25) is 5.91 Å². The zero-order valence-corrected chi connectivity index (χ0v) is 31.5. The summed E-state index contributed by atoms with van der Waals surface area (Å²) in [5, 5.41) is 27.0. The highest BCUT2D eigenvalue weighted by molar-refractivity contribution is 6.04. The van der Waals surface area contributed by atoms with Crippen molar-refractivity contribution in [2.45, 2.75) is 88.7 Å². The van der Waals surface area contributed by atoms with Crippen molar-refractivity contribution in [2.24, 2.45) is 7.05 Å². The third-order valence-electron chi connectivity index (χ3n) is 9.70. The average molecular weight is 811 g/mol. The number of rotatable bonds is 9. The van der Waals surface area contributed by atoms with E-state index in [2.05, 4.69) is 38.0 Å². The van der Waals surface area contributed by atoms with E-state index in [4.69, 9.17) is 4.98 Å². The van der Waals surface area contributed by atoms with Crippen LogP contribution in [-0.2, 0) is 36.9 Å². The minimum atomic E-state index is -5.09. The first kappa shape index (κ1) is 40.2. The molecule has 3 amide bonds. The maximum atomic E-state index is 15.2. The van der Waals surface area contributed by atoms with Gasteiger partial charge >= 0.3 is 12.2 Å². The maximum Gasteiger partial charge on any atom is 0.435 e. The molecule has 2 atom stereocenters. The fourth-order valence-corrected chi connectivity index (χ4v) is 7.25. The first-order chi connectivity index (χ1) is 27.2. The van der Waals surface area contributed by atoms with Crippen LogP contribution in [-0.4, -0.2) is 53.2 Å². The minimum absolute atomic E-state index is 0.0372. The number of aryl methyl sites for hydroxylation is 1. The van der Waals surface area contributed by atoms with E-state index >= 15 is 8.78 Å². The standard InChI is InChI=1S/C40H37F7N8O3/c1-20-18-39(43,44)35-31(20)34(40(45,46)47)52-55(35)19-30(56)50-29(16-21-14-22(41)17-23(42)15-21)32-26(11-10-25(48-32)12-13-38(2,3)58)27-6-5-7-28-33(27)54(4)53-36(28)51-37(57)49-24-8-9-24/h5-7,10-11,14-15,17,20,24,29,58H,8-9,16,18-19H2,1-4H3,(H,50,56)(H2,49,51,53,57)/t20-,29-/m0/s1. The number of aliphatic hydroxyl groups is 1. The first-order valence-electron chi connectivity index (χ1n) is 18.3. The second-order valence-corrected chi connectivity index (χ2v) is 15.2. The van der Waals surface area contributed by atoms with Gasteiger partial charge in [0.15, 0.2) is 11.5 Å². The van der Waals surface area contributed by atoms with E-state index < -0.39 is 83.1 Å². The molecule has 0 radical (unpaired) electrons. The quantitative estimate of drug-likeness (QED) is 0.0916. The number of nitrogens with zero attached hydrogens (tertiary/aromatic N) is 5. The summed E-state index contributed by atoms with van der Waals surface area (Å²) in [7, 11) is 1.63. The molecule has 2 aliphatic rings. The minimum Gasteiger partial charge on any atom is -0.378 e. The van der Waals surface area contributed by atoms with E-state index in [9.17, 15) is 36.6 Å². The fourth-order valence-electron chi connectivity index (χ4n) is 7.25. The summed E-state index contributed by atoms with van der Waals surface area (Å²) in [6.45, 7) is 3.03. The third kappa shape index (κ3) is 8.49. The van der Waals surface area contributed by atoms with Gasteiger partial charge in [0, 0.05) is 47.7 Å². The number of amides is 3. The number of hydrogen-bond donors (Lipinski definition) is 4. The fraction of sp³-hybridized carbons (Fsp3) is 0.375. The highest BCUT2D eigenvalue weighted by Gasteiger charge is 2.53. The molecule has 304 valence electrons. The van der Waals surface area contributed by atoms with Crippen LogP contribution in [0.1, 0.15) is 85.9 Å². The lowest BCUT2D eigenvalue weighted by Crippen LogP contribution is -2.35. The van der Waals surface area contributed by atoms with Crippen molar-refractivity contribution in [2.75, 3.05) is 5.32 Å². The normalized spacial score (nSPS) is 16.7. The molecule has 2 aromatic carbocycles. The number of halogens is 7. The van der Waals surface area contributed by atoms with Crippen LogP contribution in [0.5, 0.6) is 0 Å². The Bertz CT molecular complexity index is 2490. The molecular weight excluding hydrogens is 773 g/mol. The van der Waals surface area contributed by atoms with Gasteiger partial charge in [-0.05, 0) is 80.8 Å². The van der Waals surface area contributed by atoms with Crippen LogP contribution >= 0.6 is 0 Å². The van der Waals surface area contributed by atoms with Gasteiger partial charge in [-0.3, -0.25) is 19.5 Å². The summed E-state index contributed by atoms with van der Waals surface area (Å²) in [4.78, 5) is 31.3. The summed E-state index contributed by atoms with van der Waals surface area (Å²) in [5.41, 5.74) is -3.22. The molecule has 2 aliphatic carbocycles. The number of carbonyl (C=O) groups is 2. The lowest BCUT2D eigenvalue weighted by Gasteiger charge is -2.23. The Morgan fingerprint density at radius 1 is 1.03 bits per heavy atom. The molecule has 3 heterocycles. The Kier molecular flexibility index (Phi) is 10.2. The van der Waals surface area contributed by atoms with Crippen molar-refractivity contribution in [3.05, 3.63) is 94.1 Å². The van der Waals surface area contributed by atoms with Gasteiger partial charge < -0.3 is 15.7 Å². The molecule has 58 heavy (non-hydrogen) atoms. The molecule has 0 saturated heterocycles. The lowest BCUT2D eigenvalue weighted by atomic mass is 9.93. The number of aromatic nitrogens is 5. The summed E-state index contributed by atoms with van der Waals surface area (Å²) in [6, 6.07) is 9.21. The maximum absolute atomic E-state index is 15.2. The molecule has 7 rings (SSSR count). The molecule has 18 heteroatoms. The van der Waals surface area contributed by atoms with E-state index in [-0.39, 0.29) is 35.2 Å². The molecule has 4 N–H and O–H groups in total. The number of alkyl halides is 5. The average Bonchev–Trinajstić information content (AvgIpc) is 3.65. The number of carbonyl (C=O) groups excluding carboxylic acids is 2. The van der Waals surface area contributed by atoms with Crippen LogP contribution in [0, 0.1) is 23.5 Å². The highest BCUT2D eigenvalue weighted by Crippen LogP contribution is 2.52. The molecular formula is C40H37F7N8O3. The number of anilines is 1. The lowest BCUT2D eigenvalue weighted by molar-refractivity contribution is -0.142. The van der Waals surface area contributed by atoms with Crippen molar-refractivity contribution in [3.63, 3.8) is 0 Å². The van der Waals surface area contributed by atoms with E-state index in [1.807, 2.05) is 0 Å². The van der Waals surface area contributed by atoms with Gasteiger partial charge in [-0.15, -0.1) is 0 Å². The van der Waals surface area contributed by atoms with Crippen LogP contribution in [0.15, 0.2) is 48.5 Å². The van der Waals surface area contributed by atoms with Crippen molar-refractivity contribution >= 4 is 28.7 Å². The number of pyridine rings is 1. The molecule has 1 saturated carbocycles. The van der Waals surface area contributed by atoms with Crippen LogP contribution in [0.2, 0.25) is 0 Å².